The Bertz CT molecular complexity index is 556. The molecule has 0 bridgehead atoms. The van der Waals surface area contributed by atoms with Crippen LogP contribution >= 0.6 is 0 Å². The molecule has 0 aliphatic heterocycles. The average molecular weight is 568 g/mol. The van der Waals surface area contributed by atoms with E-state index < -0.39 is 0 Å². The number of rotatable bonds is 30. The topological polar surface area (TPSA) is 106 Å². The summed E-state index contributed by atoms with van der Waals surface area (Å²) in [6, 6.07) is 0. The fourth-order valence-corrected chi connectivity index (χ4v) is 4.90. The van der Waals surface area contributed by atoms with Gasteiger partial charge in [-0.3, -0.25) is 15.0 Å². The maximum Gasteiger partial charge on any atom is 0.305 e. The predicted molar refractivity (Wildman–Crippen MR) is 168 cm³/mol. The van der Waals surface area contributed by atoms with Crippen molar-refractivity contribution < 1.29 is 19.1 Å². The van der Waals surface area contributed by atoms with Gasteiger partial charge in [0.1, 0.15) is 13.2 Å². The molecule has 0 aliphatic rings. The number of guanidine groups is 1. The summed E-state index contributed by atoms with van der Waals surface area (Å²) in [5.74, 6) is -0.501. The van der Waals surface area contributed by atoms with Gasteiger partial charge >= 0.3 is 11.9 Å². The number of nitrogens with zero attached hydrogens (tertiary/aromatic N) is 1. The summed E-state index contributed by atoms with van der Waals surface area (Å²) in [5, 5.41) is 7.74. The molecule has 0 saturated carbocycles. The zero-order valence-electron chi connectivity index (χ0n) is 26.5. The summed E-state index contributed by atoms with van der Waals surface area (Å²) < 4.78 is 10.6. The molecular formula is C33H65N3O4. The molecule has 0 unspecified atom stereocenters. The van der Waals surface area contributed by atoms with Crippen molar-refractivity contribution in [3.63, 3.8) is 0 Å². The Balaban J connectivity index is 3.65. The molecule has 3 N–H and O–H groups in total. The Morgan fingerprint density at radius 1 is 0.525 bits per heavy atom. The van der Waals surface area contributed by atoms with Gasteiger partial charge in [-0.2, -0.15) is 0 Å². The average Bonchev–Trinajstić information content (AvgIpc) is 2.93. The predicted octanol–water partition coefficient (Wildman–Crippen LogP) is 8.67. The van der Waals surface area contributed by atoms with Gasteiger partial charge in [-0.1, -0.05) is 142 Å². The second-order valence-electron chi connectivity index (χ2n) is 11.4. The third-order valence-corrected chi connectivity index (χ3v) is 7.56. The number of unbranched alkanes of at least 4 members (excludes halogenated alkanes) is 20. The van der Waals surface area contributed by atoms with E-state index in [1.807, 2.05) is 0 Å². The first-order valence-electron chi connectivity index (χ1n) is 16.9. The highest BCUT2D eigenvalue weighted by Crippen LogP contribution is 2.13. The lowest BCUT2D eigenvalue weighted by Gasteiger charge is -2.22. The minimum absolute atomic E-state index is 0.108. The third-order valence-electron chi connectivity index (χ3n) is 7.56. The van der Waals surface area contributed by atoms with Crippen molar-refractivity contribution in [2.75, 3.05) is 26.3 Å². The fraction of sp³-hybridized carbons (Fsp3) is 0.909. The molecule has 0 atom stereocenters. The van der Waals surface area contributed by atoms with Crippen molar-refractivity contribution in [3.8, 4) is 0 Å². The summed E-state index contributed by atoms with van der Waals surface area (Å²) in [7, 11) is 0. The maximum atomic E-state index is 12.0. The van der Waals surface area contributed by atoms with Crippen LogP contribution in [-0.4, -0.2) is 49.1 Å². The van der Waals surface area contributed by atoms with Crippen LogP contribution in [0.4, 0.5) is 0 Å². The first kappa shape index (κ1) is 38.2. The summed E-state index contributed by atoms with van der Waals surface area (Å²) in [5.41, 5.74) is 5.66. The van der Waals surface area contributed by atoms with Gasteiger partial charge in [0.25, 0.3) is 0 Å². The fourth-order valence-electron chi connectivity index (χ4n) is 4.90. The Hall–Kier alpha value is -1.79. The lowest BCUT2D eigenvalue weighted by molar-refractivity contribution is -0.144. The summed E-state index contributed by atoms with van der Waals surface area (Å²) in [4.78, 5) is 25.6. The number of hydrogen-bond donors (Lipinski definition) is 2. The minimum Gasteiger partial charge on any atom is -0.464 e. The van der Waals surface area contributed by atoms with Crippen LogP contribution in [0.25, 0.3) is 0 Å². The monoisotopic (exact) mass is 567 g/mol. The number of carbonyl (C=O) groups excluding carboxylic acids is 2. The second kappa shape index (κ2) is 30.2. The second-order valence-corrected chi connectivity index (χ2v) is 11.4. The molecule has 0 aliphatic carbocycles. The molecule has 40 heavy (non-hydrogen) atoms. The largest absolute Gasteiger partial charge is 0.464 e. The smallest absolute Gasteiger partial charge is 0.305 e. The molecule has 236 valence electrons. The summed E-state index contributed by atoms with van der Waals surface area (Å²) in [6.07, 6.45) is 28.3. The van der Waals surface area contributed by atoms with E-state index in [1.165, 1.54) is 116 Å². The van der Waals surface area contributed by atoms with Crippen LogP contribution in [0.2, 0.25) is 0 Å². The first-order chi connectivity index (χ1) is 19.5. The van der Waals surface area contributed by atoms with Crippen LogP contribution < -0.4 is 5.73 Å². The van der Waals surface area contributed by atoms with Crippen LogP contribution in [0.1, 0.15) is 168 Å². The SMILES string of the molecule is CCCCCCCCCCCCCC(=O)OCCN(CCOC(=O)CCCCCCCCCCCCC)C(=N)N. The van der Waals surface area contributed by atoms with E-state index in [0.717, 1.165) is 25.7 Å². The van der Waals surface area contributed by atoms with Crippen LogP contribution in [-0.2, 0) is 19.1 Å². The highest BCUT2D eigenvalue weighted by atomic mass is 16.5. The number of nitrogens with two attached hydrogens (primary N) is 1. The molecular weight excluding hydrogens is 502 g/mol. The van der Waals surface area contributed by atoms with Gasteiger partial charge in [-0.15, -0.1) is 0 Å². The van der Waals surface area contributed by atoms with Crippen LogP contribution in [0.15, 0.2) is 0 Å². The molecule has 0 aromatic carbocycles. The van der Waals surface area contributed by atoms with E-state index in [9.17, 15) is 9.59 Å². The molecule has 0 heterocycles. The number of nitrogens with one attached hydrogen (secondary N) is 1. The Kier molecular flexibility index (Phi) is 28.8. The van der Waals surface area contributed by atoms with Crippen LogP contribution in [0.3, 0.4) is 0 Å². The van der Waals surface area contributed by atoms with Gasteiger partial charge in [-0.25, -0.2) is 0 Å². The number of esters is 2. The van der Waals surface area contributed by atoms with Gasteiger partial charge < -0.3 is 20.1 Å². The molecule has 0 spiro atoms. The van der Waals surface area contributed by atoms with E-state index in [4.69, 9.17) is 20.6 Å². The normalized spacial score (nSPS) is 10.9. The Morgan fingerprint density at radius 3 is 1.07 bits per heavy atom. The molecule has 0 aromatic heterocycles. The first-order valence-corrected chi connectivity index (χ1v) is 16.9. The van der Waals surface area contributed by atoms with E-state index in [-0.39, 0.29) is 31.1 Å². The molecule has 0 amide bonds. The van der Waals surface area contributed by atoms with Gasteiger partial charge in [0.2, 0.25) is 0 Å². The van der Waals surface area contributed by atoms with E-state index in [2.05, 4.69) is 13.8 Å². The van der Waals surface area contributed by atoms with E-state index in [0.29, 0.717) is 25.9 Å². The number of ether oxygens (including phenoxy) is 2. The van der Waals surface area contributed by atoms with Crippen molar-refractivity contribution in [3.05, 3.63) is 0 Å². The zero-order valence-corrected chi connectivity index (χ0v) is 26.5. The molecule has 0 fully saturated rings. The van der Waals surface area contributed by atoms with Crippen molar-refractivity contribution in [2.24, 2.45) is 5.73 Å². The maximum absolute atomic E-state index is 12.0. The number of carbonyl (C=O) groups is 2. The zero-order chi connectivity index (χ0) is 29.5. The van der Waals surface area contributed by atoms with Crippen LogP contribution in [0.5, 0.6) is 0 Å². The third kappa shape index (κ3) is 27.8. The highest BCUT2D eigenvalue weighted by Gasteiger charge is 2.10. The Morgan fingerprint density at radius 2 is 0.800 bits per heavy atom. The molecule has 7 nitrogen and oxygen atoms in total. The lowest BCUT2D eigenvalue weighted by atomic mass is 10.1. The van der Waals surface area contributed by atoms with Crippen LogP contribution in [0, 0.1) is 5.41 Å². The molecule has 0 aromatic rings. The summed E-state index contributed by atoms with van der Waals surface area (Å²) >= 11 is 0. The Labute approximate surface area is 247 Å². The molecule has 0 radical (unpaired) electrons. The van der Waals surface area contributed by atoms with Gasteiger partial charge in [-0.05, 0) is 12.8 Å². The standard InChI is InChI=1S/C33H65N3O4/c1-3-5-7-9-11-13-15-17-19-21-23-25-31(37)39-29-27-36(33(34)35)28-30-40-32(38)26-24-22-20-18-16-14-12-10-8-6-4-2/h3-30H2,1-2H3,(H3,34,35). The molecule has 0 saturated heterocycles. The quantitative estimate of drug-likeness (QED) is 0.0389. The van der Waals surface area contributed by atoms with Gasteiger partial charge in [0.05, 0.1) is 13.1 Å². The highest BCUT2D eigenvalue weighted by molar-refractivity contribution is 5.74. The van der Waals surface area contributed by atoms with Gasteiger partial charge in [0, 0.05) is 12.8 Å². The summed E-state index contributed by atoms with van der Waals surface area (Å²) in [6.45, 7) is 5.52. The lowest BCUT2D eigenvalue weighted by Crippen LogP contribution is -2.41. The van der Waals surface area contributed by atoms with Crippen molar-refractivity contribution in [2.45, 2.75) is 168 Å². The van der Waals surface area contributed by atoms with Crippen molar-refractivity contribution in [1.82, 2.24) is 4.90 Å². The van der Waals surface area contributed by atoms with Crippen molar-refractivity contribution >= 4 is 17.9 Å². The molecule has 0 rings (SSSR count). The van der Waals surface area contributed by atoms with E-state index in [1.54, 1.807) is 4.90 Å². The van der Waals surface area contributed by atoms with Crippen molar-refractivity contribution in [1.29, 1.82) is 5.41 Å². The minimum atomic E-state index is -0.196. The van der Waals surface area contributed by atoms with E-state index >= 15 is 0 Å². The molecule has 7 heteroatoms. The van der Waals surface area contributed by atoms with Gasteiger partial charge in [0.15, 0.2) is 5.96 Å². The number of hydrogen-bond acceptors (Lipinski definition) is 5.